The third-order valence-electron chi connectivity index (χ3n) is 2.37. The highest BCUT2D eigenvalue weighted by atomic mass is 14.9. The fourth-order valence-electron chi connectivity index (χ4n) is 1.38. The predicted octanol–water partition coefficient (Wildman–Crippen LogP) is 1.62. The summed E-state index contributed by atoms with van der Waals surface area (Å²) in [4.78, 5) is 7.91. The number of pyridine rings is 1. The van der Waals surface area contributed by atoms with Gasteiger partial charge in [0.2, 0.25) is 0 Å². The summed E-state index contributed by atoms with van der Waals surface area (Å²) in [5.41, 5.74) is 7.96. The highest BCUT2D eigenvalue weighted by Crippen LogP contribution is 2.40. The lowest BCUT2D eigenvalue weighted by atomic mass is 10.1. The summed E-state index contributed by atoms with van der Waals surface area (Å²) in [5, 5.41) is 0. The second-order valence-electron chi connectivity index (χ2n) is 3.45. The van der Waals surface area contributed by atoms with Gasteiger partial charge in [0.25, 0.3) is 0 Å². The maximum atomic E-state index is 5.71. The van der Waals surface area contributed by atoms with Crippen molar-refractivity contribution in [3.63, 3.8) is 0 Å². The molecule has 0 bridgehead atoms. The van der Waals surface area contributed by atoms with Crippen LogP contribution in [0, 0.1) is 0 Å². The fraction of sp³-hybridized carbons (Fsp3) is 0.400. The average molecular weight is 175 g/mol. The summed E-state index contributed by atoms with van der Waals surface area (Å²) in [6.07, 6.45) is 5.90. The summed E-state index contributed by atoms with van der Waals surface area (Å²) >= 11 is 0. The Morgan fingerprint density at radius 3 is 2.92 bits per heavy atom. The first-order valence-corrected chi connectivity index (χ1v) is 4.47. The number of nitrogens with zero attached hydrogens (tertiary/aromatic N) is 2. The van der Waals surface area contributed by atoms with Gasteiger partial charge in [0.1, 0.15) is 6.17 Å². The zero-order valence-electron chi connectivity index (χ0n) is 7.48. The van der Waals surface area contributed by atoms with Crippen molar-refractivity contribution in [1.82, 2.24) is 4.98 Å². The van der Waals surface area contributed by atoms with Crippen molar-refractivity contribution in [3.8, 4) is 0 Å². The van der Waals surface area contributed by atoms with Crippen molar-refractivity contribution >= 4 is 6.72 Å². The molecule has 0 radical (unpaired) electrons. The van der Waals surface area contributed by atoms with Gasteiger partial charge >= 0.3 is 0 Å². The van der Waals surface area contributed by atoms with E-state index in [0.717, 1.165) is 5.56 Å². The number of hydrogen-bond donors (Lipinski definition) is 1. The Labute approximate surface area is 77.7 Å². The van der Waals surface area contributed by atoms with E-state index in [0.29, 0.717) is 5.92 Å². The molecule has 1 aliphatic rings. The minimum Gasteiger partial charge on any atom is -0.306 e. The molecular weight excluding hydrogens is 162 g/mol. The van der Waals surface area contributed by atoms with Crippen molar-refractivity contribution in [2.75, 3.05) is 0 Å². The van der Waals surface area contributed by atoms with Crippen LogP contribution < -0.4 is 5.73 Å². The first-order valence-electron chi connectivity index (χ1n) is 4.47. The highest BCUT2D eigenvalue weighted by molar-refractivity contribution is 5.30. The SMILES string of the molecule is C=NC(N)c1cncc(C2CC2)c1. The van der Waals surface area contributed by atoms with Gasteiger partial charge in [-0.15, -0.1) is 0 Å². The van der Waals surface area contributed by atoms with E-state index in [1.165, 1.54) is 18.4 Å². The van der Waals surface area contributed by atoms with Crippen molar-refractivity contribution in [1.29, 1.82) is 0 Å². The van der Waals surface area contributed by atoms with Crippen molar-refractivity contribution in [2.45, 2.75) is 24.9 Å². The zero-order valence-corrected chi connectivity index (χ0v) is 7.48. The topological polar surface area (TPSA) is 51.3 Å². The molecule has 1 aromatic heterocycles. The third-order valence-corrected chi connectivity index (χ3v) is 2.37. The van der Waals surface area contributed by atoms with Crippen LogP contribution in [-0.4, -0.2) is 11.7 Å². The van der Waals surface area contributed by atoms with Crippen LogP contribution in [0.5, 0.6) is 0 Å². The normalized spacial score (nSPS) is 18.2. The first-order chi connectivity index (χ1) is 6.31. The molecular formula is C10H13N3. The minimum absolute atomic E-state index is 0.328. The fourth-order valence-corrected chi connectivity index (χ4v) is 1.38. The van der Waals surface area contributed by atoms with E-state index in [1.807, 2.05) is 6.20 Å². The maximum Gasteiger partial charge on any atom is 0.123 e. The van der Waals surface area contributed by atoms with Crippen LogP contribution in [0.15, 0.2) is 23.5 Å². The monoisotopic (exact) mass is 175 g/mol. The number of aliphatic imine (C=N–C) groups is 1. The molecule has 1 fully saturated rings. The molecule has 3 heteroatoms. The summed E-state index contributed by atoms with van der Waals surface area (Å²) in [6, 6.07) is 2.09. The summed E-state index contributed by atoms with van der Waals surface area (Å²) in [6.45, 7) is 3.42. The van der Waals surface area contributed by atoms with Gasteiger partial charge in [-0.1, -0.05) is 0 Å². The van der Waals surface area contributed by atoms with E-state index in [1.54, 1.807) is 6.20 Å². The molecule has 3 nitrogen and oxygen atoms in total. The molecule has 0 saturated heterocycles. The van der Waals surface area contributed by atoms with Gasteiger partial charge in [-0.25, -0.2) is 0 Å². The molecule has 0 aromatic carbocycles. The van der Waals surface area contributed by atoms with E-state index in [4.69, 9.17) is 5.73 Å². The Hall–Kier alpha value is -1.22. The van der Waals surface area contributed by atoms with Gasteiger partial charge in [-0.05, 0) is 37.1 Å². The molecule has 1 saturated carbocycles. The van der Waals surface area contributed by atoms with Gasteiger partial charge in [0.15, 0.2) is 0 Å². The van der Waals surface area contributed by atoms with Crippen LogP contribution in [0.3, 0.4) is 0 Å². The van der Waals surface area contributed by atoms with Gasteiger partial charge < -0.3 is 5.73 Å². The van der Waals surface area contributed by atoms with Crippen LogP contribution in [0.2, 0.25) is 0 Å². The lowest BCUT2D eigenvalue weighted by molar-refractivity contribution is 0.774. The molecule has 2 rings (SSSR count). The summed E-state index contributed by atoms with van der Waals surface area (Å²) in [5.74, 6) is 0.712. The Bertz CT molecular complexity index is 318. The van der Waals surface area contributed by atoms with Gasteiger partial charge in [-0.3, -0.25) is 9.98 Å². The van der Waals surface area contributed by atoms with Crippen molar-refractivity contribution in [3.05, 3.63) is 29.6 Å². The first kappa shape index (κ1) is 8.38. The number of hydrogen-bond acceptors (Lipinski definition) is 3. The Kier molecular flexibility index (Phi) is 2.10. The molecule has 1 atom stereocenters. The second-order valence-corrected chi connectivity index (χ2v) is 3.45. The molecule has 1 unspecified atom stereocenters. The van der Waals surface area contributed by atoms with Crippen LogP contribution in [0.1, 0.15) is 36.1 Å². The second kappa shape index (κ2) is 3.26. The molecule has 0 spiro atoms. The molecule has 1 aliphatic carbocycles. The van der Waals surface area contributed by atoms with E-state index < -0.39 is 0 Å². The average Bonchev–Trinajstić information content (AvgIpc) is 3.00. The maximum absolute atomic E-state index is 5.71. The standard InChI is InChI=1S/C10H13N3/c1-12-10(11)9-4-8(5-13-6-9)7-2-3-7/h4-7,10H,1-3,11H2. The molecule has 1 heterocycles. The van der Waals surface area contributed by atoms with Crippen molar-refractivity contribution < 1.29 is 0 Å². The lowest BCUT2D eigenvalue weighted by Gasteiger charge is -2.06. The lowest BCUT2D eigenvalue weighted by Crippen LogP contribution is -2.07. The van der Waals surface area contributed by atoms with Gasteiger partial charge in [0.05, 0.1) is 0 Å². The molecule has 2 N–H and O–H groups in total. The Morgan fingerprint density at radius 1 is 1.54 bits per heavy atom. The molecule has 0 aliphatic heterocycles. The van der Waals surface area contributed by atoms with Gasteiger partial charge in [-0.2, -0.15) is 0 Å². The molecule has 1 aromatic rings. The smallest absolute Gasteiger partial charge is 0.123 e. The Morgan fingerprint density at radius 2 is 2.31 bits per heavy atom. The highest BCUT2D eigenvalue weighted by Gasteiger charge is 2.24. The largest absolute Gasteiger partial charge is 0.306 e. The van der Waals surface area contributed by atoms with Gasteiger partial charge in [0, 0.05) is 18.0 Å². The van der Waals surface area contributed by atoms with E-state index in [2.05, 4.69) is 22.8 Å². The molecule has 13 heavy (non-hydrogen) atoms. The molecule has 0 amide bonds. The minimum atomic E-state index is -0.328. The number of aromatic nitrogens is 1. The van der Waals surface area contributed by atoms with E-state index in [-0.39, 0.29) is 6.17 Å². The summed E-state index contributed by atoms with van der Waals surface area (Å²) in [7, 11) is 0. The summed E-state index contributed by atoms with van der Waals surface area (Å²) < 4.78 is 0. The Balaban J connectivity index is 2.25. The van der Waals surface area contributed by atoms with E-state index in [9.17, 15) is 0 Å². The van der Waals surface area contributed by atoms with E-state index >= 15 is 0 Å². The van der Waals surface area contributed by atoms with Crippen LogP contribution in [0.4, 0.5) is 0 Å². The van der Waals surface area contributed by atoms with Crippen LogP contribution in [-0.2, 0) is 0 Å². The predicted molar refractivity (Wildman–Crippen MR) is 52.7 cm³/mol. The van der Waals surface area contributed by atoms with Crippen molar-refractivity contribution in [2.24, 2.45) is 10.7 Å². The van der Waals surface area contributed by atoms with Crippen LogP contribution in [0.25, 0.3) is 0 Å². The third kappa shape index (κ3) is 1.75. The van der Waals surface area contributed by atoms with Crippen LogP contribution >= 0.6 is 0 Å². The zero-order chi connectivity index (χ0) is 9.26. The number of rotatable bonds is 3. The molecule has 68 valence electrons. The number of nitrogens with two attached hydrogens (primary N) is 1. The quantitative estimate of drug-likeness (QED) is 0.709.